The van der Waals surface area contributed by atoms with Crippen LogP contribution < -0.4 is 11.1 Å². The van der Waals surface area contributed by atoms with Gasteiger partial charge in [0.1, 0.15) is 12.6 Å². The monoisotopic (exact) mass is 394 g/mol. The minimum absolute atomic E-state index is 0.188. The van der Waals surface area contributed by atoms with Crippen LogP contribution in [0, 0.1) is 23.7 Å². The molecule has 152 valence electrons. The van der Waals surface area contributed by atoms with Gasteiger partial charge in [0.2, 0.25) is 0 Å². The van der Waals surface area contributed by atoms with Crippen molar-refractivity contribution in [3.05, 3.63) is 47.5 Å². The quantitative estimate of drug-likeness (QED) is 0.550. The third kappa shape index (κ3) is 5.01. The summed E-state index contributed by atoms with van der Waals surface area (Å²) in [5.74, 6) is 5.96. The van der Waals surface area contributed by atoms with Crippen molar-refractivity contribution in [3.8, 4) is 11.8 Å². The Hall–Kier alpha value is -2.72. The molecule has 1 saturated carbocycles. The summed E-state index contributed by atoms with van der Waals surface area (Å²) >= 11 is 0. The maximum Gasteiger partial charge on any atom is 0.251 e. The lowest BCUT2D eigenvalue weighted by Gasteiger charge is -2.29. The van der Waals surface area contributed by atoms with Gasteiger partial charge in [0, 0.05) is 29.2 Å². The predicted octanol–water partition coefficient (Wildman–Crippen LogP) is 1.22. The maximum atomic E-state index is 12.6. The fraction of sp³-hybridized carbons (Fsp3) is 0.391. The summed E-state index contributed by atoms with van der Waals surface area (Å²) in [4.78, 5) is 24.6. The molecule has 0 spiro atoms. The number of aliphatic hydroxyl groups is 2. The Labute approximate surface area is 170 Å². The highest BCUT2D eigenvalue weighted by Crippen LogP contribution is 2.37. The van der Waals surface area contributed by atoms with Crippen molar-refractivity contribution in [1.82, 2.24) is 5.32 Å². The fourth-order valence-corrected chi connectivity index (χ4v) is 3.25. The first-order valence-electron chi connectivity index (χ1n) is 9.62. The Morgan fingerprint density at radius 1 is 1.21 bits per heavy atom. The zero-order chi connectivity index (χ0) is 21.2. The van der Waals surface area contributed by atoms with E-state index >= 15 is 0 Å². The van der Waals surface area contributed by atoms with E-state index in [1.54, 1.807) is 26.0 Å². The normalized spacial score (nSPS) is 19.2. The SMILES string of the molecule is CC(C)(N)[C@H](NC(=O)c1ccc2cc(C#C[C@H]3C[C@@H]3CO)ccc2c1)C(=O)CO. The van der Waals surface area contributed by atoms with Gasteiger partial charge in [-0.1, -0.05) is 24.0 Å². The van der Waals surface area contributed by atoms with Gasteiger partial charge < -0.3 is 21.3 Å². The number of nitrogens with two attached hydrogens (primary N) is 1. The summed E-state index contributed by atoms with van der Waals surface area (Å²) in [7, 11) is 0. The lowest BCUT2D eigenvalue weighted by molar-refractivity contribution is -0.124. The zero-order valence-electron chi connectivity index (χ0n) is 16.6. The largest absolute Gasteiger partial charge is 0.396 e. The van der Waals surface area contributed by atoms with E-state index in [9.17, 15) is 9.59 Å². The molecule has 1 amide bonds. The zero-order valence-corrected chi connectivity index (χ0v) is 16.6. The fourth-order valence-electron chi connectivity index (χ4n) is 3.25. The van der Waals surface area contributed by atoms with Gasteiger partial charge in [-0.05, 0) is 61.2 Å². The van der Waals surface area contributed by atoms with Crippen molar-refractivity contribution in [2.75, 3.05) is 13.2 Å². The Morgan fingerprint density at radius 2 is 1.90 bits per heavy atom. The predicted molar refractivity (Wildman–Crippen MR) is 111 cm³/mol. The molecule has 6 heteroatoms. The highest BCUT2D eigenvalue weighted by atomic mass is 16.3. The molecule has 0 aromatic heterocycles. The molecule has 0 bridgehead atoms. The number of amides is 1. The summed E-state index contributed by atoms with van der Waals surface area (Å²) in [5, 5.41) is 22.7. The standard InChI is InChI=1S/C23H26N2O4/c1-23(2,24)21(20(28)13-27)25-22(29)18-8-7-15-9-14(3-5-16(15)10-18)4-6-17-11-19(17)12-26/h3,5,7-10,17,19,21,26-27H,11-13,24H2,1-2H3,(H,25,29)/t17-,19+,21+/m0/s1. The van der Waals surface area contributed by atoms with Crippen LogP contribution in [0.4, 0.5) is 0 Å². The molecule has 5 N–H and O–H groups in total. The third-order valence-corrected chi connectivity index (χ3v) is 5.16. The third-order valence-electron chi connectivity index (χ3n) is 5.16. The molecule has 0 saturated heterocycles. The van der Waals surface area contributed by atoms with Gasteiger partial charge in [0.25, 0.3) is 5.91 Å². The van der Waals surface area contributed by atoms with E-state index in [2.05, 4.69) is 17.2 Å². The van der Waals surface area contributed by atoms with E-state index in [1.807, 2.05) is 24.3 Å². The van der Waals surface area contributed by atoms with Crippen molar-refractivity contribution in [1.29, 1.82) is 0 Å². The molecule has 0 heterocycles. The van der Waals surface area contributed by atoms with Gasteiger partial charge in [-0.3, -0.25) is 9.59 Å². The van der Waals surface area contributed by atoms with Crippen LogP contribution in [0.25, 0.3) is 10.8 Å². The average Bonchev–Trinajstić information content (AvgIpc) is 3.47. The van der Waals surface area contributed by atoms with E-state index < -0.39 is 29.9 Å². The number of carbonyl (C=O) groups excluding carboxylic acids is 2. The number of rotatable bonds is 6. The van der Waals surface area contributed by atoms with Crippen LogP contribution in [-0.2, 0) is 4.79 Å². The molecule has 0 aliphatic heterocycles. The molecule has 1 fully saturated rings. The van der Waals surface area contributed by atoms with Crippen molar-refractivity contribution in [2.45, 2.75) is 31.8 Å². The summed E-state index contributed by atoms with van der Waals surface area (Å²) in [6, 6.07) is 10.0. The Kier molecular flexibility index (Phi) is 6.04. The van der Waals surface area contributed by atoms with Gasteiger partial charge in [-0.25, -0.2) is 0 Å². The summed E-state index contributed by atoms with van der Waals surface area (Å²) in [6.07, 6.45) is 0.953. The van der Waals surface area contributed by atoms with Gasteiger partial charge in [-0.15, -0.1) is 0 Å². The molecule has 3 atom stereocenters. The van der Waals surface area contributed by atoms with E-state index in [0.29, 0.717) is 11.5 Å². The molecule has 0 radical (unpaired) electrons. The Morgan fingerprint density at radius 3 is 2.52 bits per heavy atom. The van der Waals surface area contributed by atoms with E-state index in [0.717, 1.165) is 22.8 Å². The molecule has 2 aromatic carbocycles. The van der Waals surface area contributed by atoms with Gasteiger partial charge in [0.15, 0.2) is 5.78 Å². The molecular weight excluding hydrogens is 368 g/mol. The number of benzene rings is 2. The lowest BCUT2D eigenvalue weighted by atomic mass is 9.92. The van der Waals surface area contributed by atoms with Crippen LogP contribution >= 0.6 is 0 Å². The van der Waals surface area contributed by atoms with E-state index in [-0.39, 0.29) is 12.5 Å². The smallest absolute Gasteiger partial charge is 0.251 e. The Bertz CT molecular complexity index is 997. The maximum absolute atomic E-state index is 12.6. The van der Waals surface area contributed by atoms with Gasteiger partial charge in [0.05, 0.1) is 0 Å². The first-order chi connectivity index (χ1) is 13.7. The minimum atomic E-state index is -1.00. The number of fused-ring (bicyclic) bond motifs is 1. The summed E-state index contributed by atoms with van der Waals surface area (Å²) < 4.78 is 0. The van der Waals surface area contributed by atoms with Crippen molar-refractivity contribution in [3.63, 3.8) is 0 Å². The average molecular weight is 394 g/mol. The van der Waals surface area contributed by atoms with E-state index in [1.165, 1.54) is 0 Å². The highest BCUT2D eigenvalue weighted by Gasteiger charge is 2.34. The second-order valence-electron chi connectivity index (χ2n) is 8.18. The van der Waals surface area contributed by atoms with E-state index in [4.69, 9.17) is 15.9 Å². The number of Topliss-reactive ketones (excluding diaryl/α,β-unsaturated/α-hetero) is 1. The number of carbonyl (C=O) groups is 2. The molecular formula is C23H26N2O4. The second-order valence-corrected chi connectivity index (χ2v) is 8.18. The number of aliphatic hydroxyl groups excluding tert-OH is 2. The van der Waals surface area contributed by atoms with Crippen LogP contribution in [0.5, 0.6) is 0 Å². The molecule has 29 heavy (non-hydrogen) atoms. The van der Waals surface area contributed by atoms with Crippen LogP contribution in [-0.4, -0.2) is 46.7 Å². The van der Waals surface area contributed by atoms with Crippen LogP contribution in [0.2, 0.25) is 0 Å². The first kappa shape index (κ1) is 21.0. The molecule has 2 aromatic rings. The molecule has 6 nitrogen and oxygen atoms in total. The molecule has 1 aliphatic carbocycles. The first-order valence-corrected chi connectivity index (χ1v) is 9.62. The molecule has 3 rings (SSSR count). The van der Waals surface area contributed by atoms with Gasteiger partial charge >= 0.3 is 0 Å². The topological polar surface area (TPSA) is 113 Å². The number of hydrogen-bond acceptors (Lipinski definition) is 5. The number of ketones is 1. The van der Waals surface area contributed by atoms with Gasteiger partial charge in [-0.2, -0.15) is 0 Å². The number of nitrogens with one attached hydrogen (secondary N) is 1. The highest BCUT2D eigenvalue weighted by molar-refractivity contribution is 6.01. The minimum Gasteiger partial charge on any atom is -0.396 e. The lowest BCUT2D eigenvalue weighted by Crippen LogP contribution is -2.59. The van der Waals surface area contributed by atoms with Crippen molar-refractivity contribution >= 4 is 22.5 Å². The summed E-state index contributed by atoms with van der Waals surface area (Å²) in [6.45, 7) is 2.75. The van der Waals surface area contributed by atoms with Crippen molar-refractivity contribution < 1.29 is 19.8 Å². The van der Waals surface area contributed by atoms with Crippen LogP contribution in [0.3, 0.4) is 0 Å². The van der Waals surface area contributed by atoms with Crippen LogP contribution in [0.15, 0.2) is 36.4 Å². The summed E-state index contributed by atoms with van der Waals surface area (Å²) in [5.41, 5.74) is 6.27. The Balaban J connectivity index is 1.77. The van der Waals surface area contributed by atoms with Crippen LogP contribution in [0.1, 0.15) is 36.2 Å². The number of hydrogen-bond donors (Lipinski definition) is 4. The second kappa shape index (κ2) is 8.34. The van der Waals surface area contributed by atoms with Crippen molar-refractivity contribution in [2.24, 2.45) is 17.6 Å². The molecule has 0 unspecified atom stereocenters. The molecule has 1 aliphatic rings.